The SMILES string of the molecule is CS(=O)(=O)O[C@H]1O[C@H](COC(=O)c2ccccc2)[C@@H](OC(=O)c2ccccc2)CC1(F)F. The molecule has 0 aromatic heterocycles. The maximum atomic E-state index is 14.5. The Balaban J connectivity index is 1.78. The first-order chi connectivity index (χ1) is 15.0. The van der Waals surface area contributed by atoms with E-state index in [-0.39, 0.29) is 11.1 Å². The number of ether oxygens (including phenoxy) is 3. The molecule has 172 valence electrons. The van der Waals surface area contributed by atoms with Crippen LogP contribution in [0, 0.1) is 0 Å². The molecule has 32 heavy (non-hydrogen) atoms. The number of carbonyl (C=O) groups excluding carboxylic acids is 2. The summed E-state index contributed by atoms with van der Waals surface area (Å²) in [6.07, 6.45) is -5.91. The molecule has 0 bridgehead atoms. The van der Waals surface area contributed by atoms with E-state index < -0.39 is 59.5 Å². The molecule has 0 N–H and O–H groups in total. The van der Waals surface area contributed by atoms with Crippen molar-refractivity contribution in [1.82, 2.24) is 0 Å². The largest absolute Gasteiger partial charge is 0.459 e. The van der Waals surface area contributed by atoms with Gasteiger partial charge in [0.1, 0.15) is 18.8 Å². The smallest absolute Gasteiger partial charge is 0.338 e. The Labute approximate surface area is 183 Å². The first-order valence-corrected chi connectivity index (χ1v) is 11.3. The maximum Gasteiger partial charge on any atom is 0.338 e. The van der Waals surface area contributed by atoms with Crippen LogP contribution in [-0.4, -0.2) is 57.6 Å². The highest BCUT2D eigenvalue weighted by Gasteiger charge is 2.54. The van der Waals surface area contributed by atoms with Crippen molar-refractivity contribution in [2.75, 3.05) is 12.9 Å². The van der Waals surface area contributed by atoms with Crippen LogP contribution in [0.25, 0.3) is 0 Å². The average Bonchev–Trinajstić information content (AvgIpc) is 2.74. The predicted octanol–water partition coefficient (Wildman–Crippen LogP) is 2.80. The fraction of sp³-hybridized carbons (Fsp3) is 0.333. The quantitative estimate of drug-likeness (QED) is 0.449. The second-order valence-electron chi connectivity index (χ2n) is 7.05. The van der Waals surface area contributed by atoms with Gasteiger partial charge < -0.3 is 14.2 Å². The predicted molar refractivity (Wildman–Crippen MR) is 107 cm³/mol. The molecule has 2 aromatic rings. The summed E-state index contributed by atoms with van der Waals surface area (Å²) in [5.41, 5.74) is 0.320. The van der Waals surface area contributed by atoms with Gasteiger partial charge in [0.05, 0.1) is 23.8 Å². The number of hydrogen-bond donors (Lipinski definition) is 0. The molecule has 3 rings (SSSR count). The number of esters is 2. The number of benzene rings is 2. The van der Waals surface area contributed by atoms with E-state index in [1.54, 1.807) is 36.4 Å². The number of alkyl halides is 2. The first kappa shape index (κ1) is 23.8. The van der Waals surface area contributed by atoms with Gasteiger partial charge in [-0.3, -0.25) is 0 Å². The van der Waals surface area contributed by atoms with E-state index in [4.69, 9.17) is 14.2 Å². The Morgan fingerprint density at radius 2 is 1.53 bits per heavy atom. The molecule has 0 amide bonds. The molecule has 0 aliphatic carbocycles. The van der Waals surface area contributed by atoms with E-state index in [2.05, 4.69) is 4.18 Å². The number of halogens is 2. The summed E-state index contributed by atoms with van der Waals surface area (Å²) in [6.45, 7) is -0.583. The van der Waals surface area contributed by atoms with Gasteiger partial charge in [-0.1, -0.05) is 36.4 Å². The number of rotatable bonds is 7. The van der Waals surface area contributed by atoms with Gasteiger partial charge in [-0.2, -0.15) is 8.42 Å². The molecule has 0 spiro atoms. The van der Waals surface area contributed by atoms with Crippen LogP contribution >= 0.6 is 0 Å². The summed E-state index contributed by atoms with van der Waals surface area (Å²) in [5, 5.41) is 0. The van der Waals surface area contributed by atoms with Gasteiger partial charge in [-0.15, -0.1) is 0 Å². The lowest BCUT2D eigenvalue weighted by atomic mass is 10.0. The van der Waals surface area contributed by atoms with Crippen molar-refractivity contribution in [3.63, 3.8) is 0 Å². The second kappa shape index (κ2) is 9.72. The summed E-state index contributed by atoms with van der Waals surface area (Å²) in [5.74, 6) is -5.46. The van der Waals surface area contributed by atoms with E-state index in [0.717, 1.165) is 0 Å². The van der Waals surface area contributed by atoms with Crippen molar-refractivity contribution < 1.29 is 45.2 Å². The first-order valence-electron chi connectivity index (χ1n) is 9.45. The number of carbonyl (C=O) groups is 2. The van der Waals surface area contributed by atoms with E-state index >= 15 is 0 Å². The van der Waals surface area contributed by atoms with Crippen LogP contribution in [0.1, 0.15) is 27.1 Å². The molecular formula is C21H20F2O8S. The van der Waals surface area contributed by atoms with Crippen LogP contribution in [-0.2, 0) is 28.5 Å². The lowest BCUT2D eigenvalue weighted by Crippen LogP contribution is -2.55. The highest BCUT2D eigenvalue weighted by Crippen LogP contribution is 2.37. The molecule has 0 unspecified atom stereocenters. The molecule has 0 saturated carbocycles. The minimum atomic E-state index is -4.30. The van der Waals surface area contributed by atoms with Crippen molar-refractivity contribution in [2.24, 2.45) is 0 Å². The minimum Gasteiger partial charge on any atom is -0.459 e. The Hall–Kier alpha value is -2.89. The van der Waals surface area contributed by atoms with Gasteiger partial charge in [0.15, 0.2) is 0 Å². The summed E-state index contributed by atoms with van der Waals surface area (Å²) in [6, 6.07) is 15.5. The third-order valence-corrected chi connectivity index (χ3v) is 4.97. The summed E-state index contributed by atoms with van der Waals surface area (Å²) >= 11 is 0. The lowest BCUT2D eigenvalue weighted by molar-refractivity contribution is -0.296. The zero-order valence-electron chi connectivity index (χ0n) is 16.8. The van der Waals surface area contributed by atoms with Gasteiger partial charge in [0, 0.05) is 0 Å². The Kier molecular flexibility index (Phi) is 7.22. The van der Waals surface area contributed by atoms with Crippen LogP contribution in [0.2, 0.25) is 0 Å². The van der Waals surface area contributed by atoms with Gasteiger partial charge in [-0.25, -0.2) is 22.6 Å². The topological polar surface area (TPSA) is 105 Å². The van der Waals surface area contributed by atoms with Crippen molar-refractivity contribution in [3.8, 4) is 0 Å². The number of hydrogen-bond acceptors (Lipinski definition) is 8. The van der Waals surface area contributed by atoms with Gasteiger partial charge in [0.2, 0.25) is 6.29 Å². The molecule has 1 aliphatic rings. The molecule has 1 aliphatic heterocycles. The van der Waals surface area contributed by atoms with E-state index in [0.29, 0.717) is 6.26 Å². The monoisotopic (exact) mass is 470 g/mol. The molecule has 2 aromatic carbocycles. The standard InChI is InChI=1S/C21H20F2O8S/c1-32(26,27)31-20-21(22,23)12-16(29-19(25)15-10-6-3-7-11-15)17(30-20)13-28-18(24)14-8-4-2-5-9-14/h2-11,16-17,20H,12-13H2,1H3/t16-,17+,20+/m0/s1. The molecular weight excluding hydrogens is 450 g/mol. The van der Waals surface area contributed by atoms with E-state index in [1.165, 1.54) is 24.3 Å². The summed E-state index contributed by atoms with van der Waals surface area (Å²) < 4.78 is 71.6. The molecule has 1 saturated heterocycles. The minimum absolute atomic E-state index is 0.116. The second-order valence-corrected chi connectivity index (χ2v) is 8.65. The molecule has 11 heteroatoms. The normalized spacial score (nSPS) is 22.7. The van der Waals surface area contributed by atoms with Crippen LogP contribution in [0.4, 0.5) is 8.78 Å². The Morgan fingerprint density at radius 3 is 2.06 bits per heavy atom. The molecule has 1 heterocycles. The fourth-order valence-electron chi connectivity index (χ4n) is 2.95. The molecule has 3 atom stereocenters. The van der Waals surface area contributed by atoms with Crippen LogP contribution in [0.3, 0.4) is 0 Å². The Bertz CT molecular complexity index is 1040. The maximum absolute atomic E-state index is 14.5. The van der Waals surface area contributed by atoms with Crippen LogP contribution < -0.4 is 0 Å². The molecule has 0 radical (unpaired) electrons. The van der Waals surface area contributed by atoms with Crippen LogP contribution in [0.5, 0.6) is 0 Å². The van der Waals surface area contributed by atoms with Crippen LogP contribution in [0.15, 0.2) is 60.7 Å². The van der Waals surface area contributed by atoms with Gasteiger partial charge >= 0.3 is 17.9 Å². The zero-order chi connectivity index (χ0) is 23.4. The van der Waals surface area contributed by atoms with E-state index in [9.17, 15) is 26.8 Å². The van der Waals surface area contributed by atoms with Gasteiger partial charge in [0.25, 0.3) is 10.1 Å². The lowest BCUT2D eigenvalue weighted by Gasteiger charge is -2.39. The van der Waals surface area contributed by atoms with E-state index in [1.807, 2.05) is 0 Å². The highest BCUT2D eigenvalue weighted by atomic mass is 32.2. The fourth-order valence-corrected chi connectivity index (χ4v) is 3.46. The Morgan fingerprint density at radius 1 is 1.00 bits per heavy atom. The third kappa shape index (κ3) is 6.31. The molecule has 8 nitrogen and oxygen atoms in total. The summed E-state index contributed by atoms with van der Waals surface area (Å²) in [7, 11) is -4.30. The highest BCUT2D eigenvalue weighted by molar-refractivity contribution is 7.86. The summed E-state index contributed by atoms with van der Waals surface area (Å²) in [4.78, 5) is 24.6. The van der Waals surface area contributed by atoms with Gasteiger partial charge in [-0.05, 0) is 24.3 Å². The van der Waals surface area contributed by atoms with Crippen molar-refractivity contribution in [1.29, 1.82) is 0 Å². The zero-order valence-corrected chi connectivity index (χ0v) is 17.7. The average molecular weight is 470 g/mol. The third-order valence-electron chi connectivity index (χ3n) is 4.45. The molecule has 1 fully saturated rings. The van der Waals surface area contributed by atoms with Crippen molar-refractivity contribution in [3.05, 3.63) is 71.8 Å². The van der Waals surface area contributed by atoms with Crippen molar-refractivity contribution >= 4 is 22.1 Å². The van der Waals surface area contributed by atoms with Crippen molar-refractivity contribution in [2.45, 2.75) is 30.8 Å².